The molecule has 0 radical (unpaired) electrons. The highest BCUT2D eigenvalue weighted by molar-refractivity contribution is 7.82. The maximum atomic E-state index is 12.9. The van der Waals surface area contributed by atoms with Gasteiger partial charge in [0.1, 0.15) is 28.8 Å². The maximum Gasteiger partial charge on any atom is 0.161 e. The summed E-state index contributed by atoms with van der Waals surface area (Å²) < 4.78 is 18.9. The fourth-order valence-corrected chi connectivity index (χ4v) is 5.50. The summed E-state index contributed by atoms with van der Waals surface area (Å²) in [6, 6.07) is 2.26. The molecule has 0 saturated carbocycles. The molecule has 0 amide bonds. The smallest absolute Gasteiger partial charge is 0.161 e. The minimum atomic E-state index is -1.21. The molecule has 1 N–H and O–H groups in total. The van der Waals surface area contributed by atoms with Crippen molar-refractivity contribution in [3.05, 3.63) is 43.0 Å². The van der Waals surface area contributed by atoms with Crippen LogP contribution in [-0.2, 0) is 18.0 Å². The van der Waals surface area contributed by atoms with Crippen LogP contribution in [0.25, 0.3) is 22.3 Å². The first-order valence-corrected chi connectivity index (χ1v) is 12.4. The Kier molecular flexibility index (Phi) is 6.09. The quantitative estimate of drug-likeness (QED) is 0.447. The summed E-state index contributed by atoms with van der Waals surface area (Å²) >= 11 is 0. The minimum Gasteiger partial charge on any atom is -0.346 e. The van der Waals surface area contributed by atoms with Crippen LogP contribution >= 0.6 is 0 Å². The predicted octanol–water partition coefficient (Wildman–Crippen LogP) is 2.15. The lowest BCUT2D eigenvalue weighted by Gasteiger charge is -2.35. The molecule has 11 heteroatoms. The Bertz CT molecular complexity index is 1250. The summed E-state index contributed by atoms with van der Waals surface area (Å²) in [5.74, 6) is 0.876. The van der Waals surface area contributed by atoms with Gasteiger partial charge in [-0.1, -0.05) is 6.92 Å². The standard InChI is InChI=1S/C22H29N9OS/c1-4-18(31-12-17(11-26-31)21-19-5-6-23-22(19)25-15-24-21)13-29-7-9-30(10-8-29)33(32)20-14-28(3)16(2)27-20/h5-6,11-12,14-15,18H,4,7-10,13H2,1-3H3,(H,23,24,25). The van der Waals surface area contributed by atoms with Crippen LogP contribution in [-0.4, -0.2) is 80.4 Å². The second-order valence-corrected chi connectivity index (χ2v) is 9.88. The molecule has 1 saturated heterocycles. The molecule has 0 aliphatic carbocycles. The lowest BCUT2D eigenvalue weighted by atomic mass is 10.1. The molecule has 5 rings (SSSR count). The molecular weight excluding hydrogens is 438 g/mol. The van der Waals surface area contributed by atoms with E-state index in [1.165, 1.54) is 0 Å². The fraction of sp³-hybridized carbons (Fsp3) is 0.455. The molecule has 4 aromatic heterocycles. The molecule has 10 nitrogen and oxygen atoms in total. The largest absolute Gasteiger partial charge is 0.346 e. The fourth-order valence-electron chi connectivity index (χ4n) is 4.28. The van der Waals surface area contributed by atoms with Crippen LogP contribution in [0.3, 0.4) is 0 Å². The van der Waals surface area contributed by atoms with E-state index in [-0.39, 0.29) is 6.04 Å². The first kappa shape index (κ1) is 21.9. The van der Waals surface area contributed by atoms with Crippen molar-refractivity contribution in [2.75, 3.05) is 32.7 Å². The molecule has 2 unspecified atom stereocenters. The maximum absolute atomic E-state index is 12.9. The normalized spacial score (nSPS) is 17.5. The zero-order chi connectivity index (χ0) is 22.9. The van der Waals surface area contributed by atoms with Gasteiger partial charge in [0.2, 0.25) is 0 Å². The molecule has 1 fully saturated rings. The average molecular weight is 468 g/mol. The van der Waals surface area contributed by atoms with Crippen LogP contribution in [0, 0.1) is 6.92 Å². The zero-order valence-corrected chi connectivity index (χ0v) is 20.0. The van der Waals surface area contributed by atoms with Gasteiger partial charge in [0.25, 0.3) is 0 Å². The molecule has 174 valence electrons. The Labute approximate surface area is 195 Å². The highest BCUT2D eigenvalue weighted by Gasteiger charge is 2.26. The Balaban J connectivity index is 1.23. The first-order chi connectivity index (χ1) is 16.0. The molecular formula is C22H29N9OS. The topological polar surface area (TPSA) is 101 Å². The third-order valence-electron chi connectivity index (χ3n) is 6.37. The van der Waals surface area contributed by atoms with Gasteiger partial charge in [0.15, 0.2) is 5.03 Å². The van der Waals surface area contributed by atoms with Gasteiger partial charge in [0, 0.05) is 69.3 Å². The average Bonchev–Trinajstić information content (AvgIpc) is 3.58. The highest BCUT2D eigenvalue weighted by atomic mass is 32.2. The number of hydrogen-bond donors (Lipinski definition) is 1. The van der Waals surface area contributed by atoms with Gasteiger partial charge in [-0.3, -0.25) is 9.58 Å². The van der Waals surface area contributed by atoms with Crippen LogP contribution in [0.2, 0.25) is 0 Å². The Morgan fingerprint density at radius 1 is 1.18 bits per heavy atom. The number of fused-ring (bicyclic) bond motifs is 1. The summed E-state index contributed by atoms with van der Waals surface area (Å²) in [5, 5.41) is 6.30. The predicted molar refractivity (Wildman–Crippen MR) is 127 cm³/mol. The van der Waals surface area contributed by atoms with E-state index in [0.29, 0.717) is 5.03 Å². The van der Waals surface area contributed by atoms with E-state index in [2.05, 4.69) is 47.7 Å². The number of hydrogen-bond acceptors (Lipinski definition) is 6. The van der Waals surface area contributed by atoms with E-state index in [9.17, 15) is 4.21 Å². The SMILES string of the molecule is CCC(CN1CCN(S(=O)c2cn(C)c(C)n2)CC1)n1cc(-c2ncnc3[nH]ccc23)cn1. The minimum absolute atomic E-state index is 0.262. The number of nitrogens with zero attached hydrogens (tertiary/aromatic N) is 8. The molecule has 0 aromatic carbocycles. The van der Waals surface area contributed by atoms with Crippen molar-refractivity contribution in [1.29, 1.82) is 0 Å². The van der Waals surface area contributed by atoms with E-state index in [4.69, 9.17) is 0 Å². The van der Waals surface area contributed by atoms with Crippen LogP contribution in [0.4, 0.5) is 0 Å². The Hall–Kier alpha value is -2.89. The second-order valence-electron chi connectivity index (χ2n) is 8.45. The Morgan fingerprint density at radius 2 is 2.00 bits per heavy atom. The number of rotatable bonds is 7. The number of aryl methyl sites for hydroxylation is 2. The third-order valence-corrected chi connectivity index (χ3v) is 7.76. The number of aromatic nitrogens is 7. The van der Waals surface area contributed by atoms with E-state index in [1.54, 1.807) is 6.33 Å². The molecule has 5 heterocycles. The summed E-state index contributed by atoms with van der Waals surface area (Å²) in [4.78, 5) is 18.8. The molecule has 1 aliphatic rings. The van der Waals surface area contributed by atoms with Gasteiger partial charge in [-0.2, -0.15) is 5.10 Å². The Morgan fingerprint density at radius 3 is 2.73 bits per heavy atom. The van der Waals surface area contributed by atoms with Gasteiger partial charge in [-0.25, -0.2) is 23.5 Å². The van der Waals surface area contributed by atoms with Crippen molar-refractivity contribution in [3.63, 3.8) is 0 Å². The van der Waals surface area contributed by atoms with Crippen molar-refractivity contribution < 1.29 is 4.21 Å². The van der Waals surface area contributed by atoms with Crippen molar-refractivity contribution in [2.24, 2.45) is 7.05 Å². The van der Waals surface area contributed by atoms with Gasteiger partial charge >= 0.3 is 0 Å². The molecule has 33 heavy (non-hydrogen) atoms. The van der Waals surface area contributed by atoms with Crippen LogP contribution < -0.4 is 0 Å². The third kappa shape index (κ3) is 4.35. The molecule has 0 spiro atoms. The van der Waals surface area contributed by atoms with Gasteiger partial charge in [0.05, 0.1) is 17.9 Å². The lowest BCUT2D eigenvalue weighted by Crippen LogP contribution is -2.48. The number of piperazine rings is 1. The monoisotopic (exact) mass is 467 g/mol. The summed E-state index contributed by atoms with van der Waals surface area (Å²) in [6.45, 7) is 8.29. The van der Waals surface area contributed by atoms with Crippen molar-refractivity contribution in [2.45, 2.75) is 31.3 Å². The van der Waals surface area contributed by atoms with Gasteiger partial charge in [-0.15, -0.1) is 0 Å². The van der Waals surface area contributed by atoms with E-state index >= 15 is 0 Å². The van der Waals surface area contributed by atoms with Gasteiger partial charge < -0.3 is 9.55 Å². The zero-order valence-electron chi connectivity index (χ0n) is 19.2. The molecule has 0 bridgehead atoms. The molecule has 2 atom stereocenters. The molecule has 1 aliphatic heterocycles. The molecule has 4 aromatic rings. The van der Waals surface area contributed by atoms with Crippen molar-refractivity contribution in [3.8, 4) is 11.3 Å². The van der Waals surface area contributed by atoms with Crippen molar-refractivity contribution in [1.82, 2.24) is 43.5 Å². The number of aromatic amines is 1. The van der Waals surface area contributed by atoms with Gasteiger partial charge in [-0.05, 0) is 19.4 Å². The summed E-state index contributed by atoms with van der Waals surface area (Å²) in [6.07, 6.45) is 10.3. The summed E-state index contributed by atoms with van der Waals surface area (Å²) in [5.41, 5.74) is 2.71. The van der Waals surface area contributed by atoms with Crippen LogP contribution in [0.1, 0.15) is 25.2 Å². The van der Waals surface area contributed by atoms with E-state index in [0.717, 1.165) is 67.3 Å². The highest BCUT2D eigenvalue weighted by Crippen LogP contribution is 2.26. The van der Waals surface area contributed by atoms with Crippen LogP contribution in [0.5, 0.6) is 0 Å². The van der Waals surface area contributed by atoms with E-state index < -0.39 is 11.0 Å². The van der Waals surface area contributed by atoms with Crippen molar-refractivity contribution >= 4 is 22.0 Å². The number of imidazole rings is 1. The van der Waals surface area contributed by atoms with E-state index in [1.807, 2.05) is 47.5 Å². The lowest BCUT2D eigenvalue weighted by molar-refractivity contribution is 0.163. The van der Waals surface area contributed by atoms with Crippen LogP contribution in [0.15, 0.2) is 42.2 Å². The first-order valence-electron chi connectivity index (χ1n) is 11.2. The number of nitrogens with one attached hydrogen (secondary N) is 1. The second kappa shape index (κ2) is 9.16. The summed E-state index contributed by atoms with van der Waals surface area (Å²) in [7, 11) is 0.721. The number of H-pyrrole nitrogens is 1.